The lowest BCUT2D eigenvalue weighted by molar-refractivity contribution is -0.170. The summed E-state index contributed by atoms with van der Waals surface area (Å²) in [6.07, 6.45) is 5.73. The maximum Gasteiger partial charge on any atom is 0.314 e. The number of aliphatic hydroxyl groups is 1. The zero-order valence-electron chi connectivity index (χ0n) is 11.6. The Bertz CT molecular complexity index is 273. The van der Waals surface area contributed by atoms with E-state index >= 15 is 0 Å². The normalized spacial score (nSPS) is 30.8. The lowest BCUT2D eigenvalue weighted by Crippen LogP contribution is -2.49. The minimum atomic E-state index is -0.913. The van der Waals surface area contributed by atoms with Gasteiger partial charge in [0.1, 0.15) is 0 Å². The second-order valence-electron chi connectivity index (χ2n) is 5.85. The van der Waals surface area contributed by atoms with Gasteiger partial charge in [0, 0.05) is 0 Å². The maximum atomic E-state index is 11.8. The van der Waals surface area contributed by atoms with E-state index in [0.717, 1.165) is 25.7 Å². The van der Waals surface area contributed by atoms with Crippen LogP contribution in [0.4, 0.5) is 0 Å². The van der Waals surface area contributed by atoms with Crippen molar-refractivity contribution in [2.45, 2.75) is 64.9 Å². The molecule has 2 atom stereocenters. The van der Waals surface area contributed by atoms with Crippen LogP contribution in [0.25, 0.3) is 0 Å². The van der Waals surface area contributed by atoms with Crippen molar-refractivity contribution in [2.75, 3.05) is 7.11 Å². The molecule has 100 valence electrons. The molecule has 2 unspecified atom stereocenters. The Morgan fingerprint density at radius 3 is 2.59 bits per heavy atom. The Morgan fingerprint density at radius 1 is 1.41 bits per heavy atom. The third-order valence-corrected chi connectivity index (χ3v) is 4.61. The molecule has 0 radical (unpaired) electrons. The van der Waals surface area contributed by atoms with Crippen LogP contribution in [0.15, 0.2) is 0 Å². The van der Waals surface area contributed by atoms with Crippen LogP contribution in [-0.2, 0) is 9.53 Å². The van der Waals surface area contributed by atoms with Crippen molar-refractivity contribution in [3.05, 3.63) is 0 Å². The highest BCUT2D eigenvalue weighted by Crippen LogP contribution is 2.43. The van der Waals surface area contributed by atoms with Gasteiger partial charge in [0.05, 0.1) is 18.1 Å². The number of carbonyl (C=O) groups is 1. The number of esters is 1. The lowest BCUT2D eigenvalue weighted by atomic mass is 9.70. The summed E-state index contributed by atoms with van der Waals surface area (Å²) in [5.74, 6) is 0.382. The van der Waals surface area contributed by atoms with Crippen molar-refractivity contribution in [1.82, 2.24) is 0 Å². The van der Waals surface area contributed by atoms with Crippen LogP contribution >= 0.6 is 0 Å². The Morgan fingerprint density at radius 2 is 2.06 bits per heavy atom. The summed E-state index contributed by atoms with van der Waals surface area (Å²) < 4.78 is 4.83. The molecule has 0 spiro atoms. The first kappa shape index (κ1) is 14.5. The third kappa shape index (κ3) is 2.82. The summed E-state index contributed by atoms with van der Waals surface area (Å²) in [6, 6.07) is 0. The molecule has 1 N–H and O–H groups in total. The molecule has 0 bridgehead atoms. The molecule has 1 fully saturated rings. The Hall–Kier alpha value is -0.570. The van der Waals surface area contributed by atoms with Crippen LogP contribution in [0.2, 0.25) is 0 Å². The van der Waals surface area contributed by atoms with Gasteiger partial charge in [-0.2, -0.15) is 0 Å². The summed E-state index contributed by atoms with van der Waals surface area (Å²) in [6.45, 7) is 5.79. The minimum Gasteiger partial charge on any atom is -0.469 e. The zero-order chi connectivity index (χ0) is 13.1. The molecule has 1 saturated carbocycles. The van der Waals surface area contributed by atoms with Gasteiger partial charge in [-0.1, -0.05) is 26.2 Å². The quantitative estimate of drug-likeness (QED) is 0.611. The molecule has 3 nitrogen and oxygen atoms in total. The van der Waals surface area contributed by atoms with E-state index in [-0.39, 0.29) is 5.97 Å². The fraction of sp³-hybridized carbons (Fsp3) is 0.929. The second-order valence-corrected chi connectivity index (χ2v) is 5.85. The number of hydrogen-bond donors (Lipinski definition) is 1. The highest BCUT2D eigenvalue weighted by atomic mass is 16.5. The molecule has 0 saturated heterocycles. The largest absolute Gasteiger partial charge is 0.469 e. The number of rotatable bonds is 3. The van der Waals surface area contributed by atoms with E-state index in [2.05, 4.69) is 6.92 Å². The van der Waals surface area contributed by atoms with Crippen LogP contribution in [0.3, 0.4) is 0 Å². The average Bonchev–Trinajstić information content (AvgIpc) is 2.51. The molecule has 0 heterocycles. The van der Waals surface area contributed by atoms with Crippen LogP contribution in [0.5, 0.6) is 0 Å². The molecule has 1 aliphatic carbocycles. The summed E-state index contributed by atoms with van der Waals surface area (Å²) in [7, 11) is 1.39. The van der Waals surface area contributed by atoms with Gasteiger partial charge in [-0.25, -0.2) is 0 Å². The lowest BCUT2D eigenvalue weighted by Gasteiger charge is -2.40. The monoisotopic (exact) mass is 242 g/mol. The van der Waals surface area contributed by atoms with E-state index in [1.165, 1.54) is 7.11 Å². The first-order valence-electron chi connectivity index (χ1n) is 6.68. The molecule has 17 heavy (non-hydrogen) atoms. The SMILES string of the molecule is CCC1CCCC(O)(C(C)(C)C(=O)OC)CC1. The van der Waals surface area contributed by atoms with Gasteiger partial charge in [-0.05, 0) is 39.0 Å². The summed E-state index contributed by atoms with van der Waals surface area (Å²) in [5.41, 5.74) is -1.73. The van der Waals surface area contributed by atoms with E-state index in [9.17, 15) is 9.90 Å². The van der Waals surface area contributed by atoms with Gasteiger partial charge < -0.3 is 9.84 Å². The third-order valence-electron chi connectivity index (χ3n) is 4.61. The van der Waals surface area contributed by atoms with Gasteiger partial charge in [-0.15, -0.1) is 0 Å². The van der Waals surface area contributed by atoms with Crippen molar-refractivity contribution >= 4 is 5.97 Å². The number of ether oxygens (including phenoxy) is 1. The van der Waals surface area contributed by atoms with Crippen molar-refractivity contribution in [1.29, 1.82) is 0 Å². The van der Waals surface area contributed by atoms with Crippen molar-refractivity contribution < 1.29 is 14.6 Å². The smallest absolute Gasteiger partial charge is 0.314 e. The van der Waals surface area contributed by atoms with E-state index < -0.39 is 11.0 Å². The first-order chi connectivity index (χ1) is 7.87. The van der Waals surface area contributed by atoms with Crippen molar-refractivity contribution in [2.24, 2.45) is 11.3 Å². The molecule has 1 aliphatic rings. The number of carbonyl (C=O) groups excluding carboxylic acids is 1. The Kier molecular flexibility index (Phi) is 4.59. The highest BCUT2D eigenvalue weighted by Gasteiger charge is 2.49. The predicted molar refractivity (Wildman–Crippen MR) is 67.6 cm³/mol. The summed E-state index contributed by atoms with van der Waals surface area (Å²) in [5, 5.41) is 10.8. The summed E-state index contributed by atoms with van der Waals surface area (Å²) in [4.78, 5) is 11.8. The average molecular weight is 242 g/mol. The Balaban J connectivity index is 2.83. The molecule has 0 aromatic heterocycles. The first-order valence-corrected chi connectivity index (χ1v) is 6.68. The van der Waals surface area contributed by atoms with Crippen molar-refractivity contribution in [3.8, 4) is 0 Å². The van der Waals surface area contributed by atoms with Gasteiger partial charge in [0.25, 0.3) is 0 Å². The maximum absolute atomic E-state index is 11.8. The van der Waals surface area contributed by atoms with E-state index in [1.807, 2.05) is 0 Å². The minimum absolute atomic E-state index is 0.310. The second kappa shape index (κ2) is 5.38. The van der Waals surface area contributed by atoms with Gasteiger partial charge in [0.15, 0.2) is 0 Å². The summed E-state index contributed by atoms with van der Waals surface area (Å²) >= 11 is 0. The fourth-order valence-electron chi connectivity index (χ4n) is 2.87. The van der Waals surface area contributed by atoms with Gasteiger partial charge in [-0.3, -0.25) is 4.79 Å². The molecule has 0 aromatic rings. The highest BCUT2D eigenvalue weighted by molar-refractivity contribution is 5.77. The van der Waals surface area contributed by atoms with Crippen molar-refractivity contribution in [3.63, 3.8) is 0 Å². The van der Waals surface area contributed by atoms with Crippen LogP contribution < -0.4 is 0 Å². The molecule has 0 amide bonds. The van der Waals surface area contributed by atoms with Crippen LogP contribution in [0.1, 0.15) is 59.3 Å². The van der Waals surface area contributed by atoms with Gasteiger partial charge >= 0.3 is 5.97 Å². The topological polar surface area (TPSA) is 46.5 Å². The van der Waals surface area contributed by atoms with E-state index in [1.54, 1.807) is 13.8 Å². The molecular weight excluding hydrogens is 216 g/mol. The van der Waals surface area contributed by atoms with Crippen LogP contribution in [0, 0.1) is 11.3 Å². The standard InChI is InChI=1S/C14H26O3/c1-5-11-7-6-9-14(16,10-8-11)13(2,3)12(15)17-4/h11,16H,5-10H2,1-4H3. The molecular formula is C14H26O3. The molecule has 0 aliphatic heterocycles. The number of methoxy groups -OCH3 is 1. The molecule has 1 rings (SSSR count). The van der Waals surface area contributed by atoms with Crippen LogP contribution in [-0.4, -0.2) is 23.8 Å². The van der Waals surface area contributed by atoms with Gasteiger partial charge in [0.2, 0.25) is 0 Å². The molecule has 3 heteroatoms. The zero-order valence-corrected chi connectivity index (χ0v) is 11.6. The van der Waals surface area contributed by atoms with E-state index in [0.29, 0.717) is 18.8 Å². The van der Waals surface area contributed by atoms with E-state index in [4.69, 9.17) is 4.74 Å². The molecule has 0 aromatic carbocycles. The predicted octanol–water partition coefficient (Wildman–Crippen LogP) is 2.91. The Labute approximate surface area is 105 Å². The fourth-order valence-corrected chi connectivity index (χ4v) is 2.87. The number of hydrogen-bond acceptors (Lipinski definition) is 3.